The van der Waals surface area contributed by atoms with Crippen LogP contribution in [0.4, 0.5) is 0 Å². The second-order valence-corrected chi connectivity index (χ2v) is 8.38. The number of pyridine rings is 1. The summed E-state index contributed by atoms with van der Waals surface area (Å²) in [5.41, 5.74) is 1.98. The molecule has 28 heavy (non-hydrogen) atoms. The minimum absolute atomic E-state index is 0.306. The van der Waals surface area contributed by atoms with Gasteiger partial charge in [-0.25, -0.2) is 0 Å². The molecular weight excluding hydrogens is 348 g/mol. The summed E-state index contributed by atoms with van der Waals surface area (Å²) >= 11 is 0. The lowest BCUT2D eigenvalue weighted by molar-refractivity contribution is -0.149. The van der Waals surface area contributed by atoms with E-state index >= 15 is 0 Å². The normalized spacial score (nSPS) is 29.0. The molecule has 3 aliphatic rings. The Labute approximate surface area is 169 Å². The predicted octanol–water partition coefficient (Wildman–Crippen LogP) is 5.01. The van der Waals surface area contributed by atoms with Gasteiger partial charge in [-0.05, 0) is 74.4 Å². The maximum Gasteiger partial charge on any atom is 0.119 e. The number of rotatable bonds is 7. The summed E-state index contributed by atoms with van der Waals surface area (Å²) < 4.78 is 12.2. The van der Waals surface area contributed by atoms with Gasteiger partial charge in [-0.1, -0.05) is 20.3 Å². The van der Waals surface area contributed by atoms with Crippen LogP contribution in [0.25, 0.3) is 10.9 Å². The number of piperidine rings is 3. The Bertz CT molecular complexity index is 823. The molecule has 3 aliphatic heterocycles. The summed E-state index contributed by atoms with van der Waals surface area (Å²) in [6, 6.07) is 8.79. The number of hydrogen-bond donors (Lipinski definition) is 0. The molecule has 4 heterocycles. The molecule has 2 bridgehead atoms. The summed E-state index contributed by atoms with van der Waals surface area (Å²) in [6.07, 6.45) is 6.77. The van der Waals surface area contributed by atoms with Crippen molar-refractivity contribution in [3.63, 3.8) is 0 Å². The van der Waals surface area contributed by atoms with Crippen LogP contribution in [0, 0.1) is 11.8 Å². The number of nitrogens with zero attached hydrogens (tertiary/aromatic N) is 2. The van der Waals surface area contributed by atoms with Crippen molar-refractivity contribution in [2.24, 2.45) is 11.8 Å². The minimum Gasteiger partial charge on any atom is -0.497 e. The van der Waals surface area contributed by atoms with Gasteiger partial charge in [0, 0.05) is 30.8 Å². The molecule has 5 atom stereocenters. The quantitative estimate of drug-likeness (QED) is 0.674. The van der Waals surface area contributed by atoms with Crippen LogP contribution >= 0.6 is 0 Å². The van der Waals surface area contributed by atoms with E-state index in [4.69, 9.17) is 9.47 Å². The van der Waals surface area contributed by atoms with Crippen LogP contribution in [-0.2, 0) is 10.3 Å². The zero-order valence-electron chi connectivity index (χ0n) is 17.8. The Hall–Kier alpha value is -1.65. The Kier molecular flexibility index (Phi) is 5.62. The molecule has 3 saturated heterocycles. The van der Waals surface area contributed by atoms with E-state index in [-0.39, 0.29) is 5.60 Å². The molecule has 0 radical (unpaired) electrons. The number of benzene rings is 1. The van der Waals surface area contributed by atoms with Gasteiger partial charge in [0.15, 0.2) is 0 Å². The lowest BCUT2D eigenvalue weighted by Gasteiger charge is -2.56. The van der Waals surface area contributed by atoms with Crippen molar-refractivity contribution in [2.75, 3.05) is 26.8 Å². The van der Waals surface area contributed by atoms with Crippen LogP contribution in [0.15, 0.2) is 30.5 Å². The first kappa shape index (κ1) is 19.7. The maximum atomic E-state index is 6.70. The van der Waals surface area contributed by atoms with Gasteiger partial charge in [0.1, 0.15) is 11.4 Å². The molecular formula is C24H34N2O2. The number of hydrogen-bond acceptors (Lipinski definition) is 4. The van der Waals surface area contributed by atoms with Crippen LogP contribution in [0.1, 0.15) is 52.0 Å². The van der Waals surface area contributed by atoms with Crippen molar-refractivity contribution in [3.05, 3.63) is 36.0 Å². The number of methoxy groups -OCH3 is 1. The van der Waals surface area contributed by atoms with Crippen LogP contribution in [0.5, 0.6) is 5.75 Å². The highest BCUT2D eigenvalue weighted by Gasteiger charge is 2.50. The SMILES string of the molecule is CCO[C@@](CC)(c1ccnc2ccc(OC)cc12)[C@H]1C[C@@H]2CCN1C[C@@H]2CC. The van der Waals surface area contributed by atoms with Crippen molar-refractivity contribution in [2.45, 2.75) is 58.1 Å². The monoisotopic (exact) mass is 382 g/mol. The molecule has 152 valence electrons. The third-order valence-electron chi connectivity index (χ3n) is 7.28. The fourth-order valence-electron chi connectivity index (χ4n) is 5.85. The number of aromatic nitrogens is 1. The zero-order valence-corrected chi connectivity index (χ0v) is 17.8. The van der Waals surface area contributed by atoms with Gasteiger partial charge in [-0.3, -0.25) is 9.88 Å². The van der Waals surface area contributed by atoms with Crippen molar-refractivity contribution in [3.8, 4) is 5.75 Å². The summed E-state index contributed by atoms with van der Waals surface area (Å²) in [5, 5.41) is 1.16. The van der Waals surface area contributed by atoms with Gasteiger partial charge in [0.25, 0.3) is 0 Å². The highest BCUT2D eigenvalue weighted by molar-refractivity contribution is 5.84. The molecule has 1 aromatic heterocycles. The van der Waals surface area contributed by atoms with Crippen LogP contribution in [0.2, 0.25) is 0 Å². The average molecular weight is 383 g/mol. The fraction of sp³-hybridized carbons (Fsp3) is 0.625. The number of fused-ring (bicyclic) bond motifs is 4. The summed E-state index contributed by atoms with van der Waals surface area (Å²) in [5.74, 6) is 2.55. The first-order valence-electron chi connectivity index (χ1n) is 11.0. The standard InChI is InChI=1S/C24H34N2O2/c1-5-17-16-26-13-11-18(17)14-23(26)24(6-2,28-7-3)21-10-12-25-22-9-8-19(27-4)15-20(21)22/h8-10,12,15,17-18,23H,5-7,11,13-14,16H2,1-4H3/t17-,18-,23+,24-/m0/s1. The van der Waals surface area contributed by atoms with E-state index in [2.05, 4.69) is 48.9 Å². The van der Waals surface area contributed by atoms with E-state index in [0.717, 1.165) is 34.9 Å². The van der Waals surface area contributed by atoms with Crippen molar-refractivity contribution in [1.29, 1.82) is 0 Å². The minimum atomic E-state index is -0.306. The maximum absolute atomic E-state index is 6.70. The second kappa shape index (κ2) is 8.00. The van der Waals surface area contributed by atoms with Crippen molar-refractivity contribution >= 4 is 10.9 Å². The van der Waals surface area contributed by atoms with Gasteiger partial charge < -0.3 is 9.47 Å². The van der Waals surface area contributed by atoms with E-state index in [0.29, 0.717) is 12.6 Å². The molecule has 0 saturated carbocycles. The first-order valence-corrected chi connectivity index (χ1v) is 11.0. The Morgan fingerprint density at radius 2 is 2.07 bits per heavy atom. The highest BCUT2D eigenvalue weighted by atomic mass is 16.5. The van der Waals surface area contributed by atoms with Crippen LogP contribution in [0.3, 0.4) is 0 Å². The van der Waals surface area contributed by atoms with Gasteiger partial charge in [-0.15, -0.1) is 0 Å². The second-order valence-electron chi connectivity index (χ2n) is 8.38. The van der Waals surface area contributed by atoms with E-state index < -0.39 is 0 Å². The van der Waals surface area contributed by atoms with E-state index in [1.807, 2.05) is 12.3 Å². The third kappa shape index (κ3) is 3.11. The first-order chi connectivity index (χ1) is 13.7. The highest BCUT2D eigenvalue weighted by Crippen LogP contribution is 2.48. The molecule has 3 fully saturated rings. The molecule has 5 rings (SSSR count). The van der Waals surface area contributed by atoms with Crippen LogP contribution in [-0.4, -0.2) is 42.7 Å². The predicted molar refractivity (Wildman–Crippen MR) is 114 cm³/mol. The van der Waals surface area contributed by atoms with Gasteiger partial charge in [0.05, 0.1) is 12.6 Å². The lowest BCUT2D eigenvalue weighted by Crippen LogP contribution is -2.61. The Morgan fingerprint density at radius 3 is 2.71 bits per heavy atom. The van der Waals surface area contributed by atoms with Crippen molar-refractivity contribution < 1.29 is 9.47 Å². The molecule has 1 aromatic carbocycles. The lowest BCUT2D eigenvalue weighted by atomic mass is 9.68. The Morgan fingerprint density at radius 1 is 1.21 bits per heavy atom. The van der Waals surface area contributed by atoms with Gasteiger partial charge in [0.2, 0.25) is 0 Å². The third-order valence-corrected chi connectivity index (χ3v) is 7.28. The molecule has 0 aliphatic carbocycles. The van der Waals surface area contributed by atoms with E-state index in [9.17, 15) is 0 Å². The topological polar surface area (TPSA) is 34.6 Å². The average Bonchev–Trinajstić information content (AvgIpc) is 2.77. The summed E-state index contributed by atoms with van der Waals surface area (Å²) in [4.78, 5) is 7.34. The van der Waals surface area contributed by atoms with E-state index in [1.54, 1.807) is 7.11 Å². The van der Waals surface area contributed by atoms with Gasteiger partial charge in [-0.2, -0.15) is 0 Å². The summed E-state index contributed by atoms with van der Waals surface area (Å²) in [6.45, 7) is 9.88. The molecule has 0 spiro atoms. The van der Waals surface area contributed by atoms with Crippen LogP contribution < -0.4 is 4.74 Å². The molecule has 4 heteroatoms. The zero-order chi connectivity index (χ0) is 19.7. The van der Waals surface area contributed by atoms with Gasteiger partial charge >= 0.3 is 0 Å². The molecule has 0 N–H and O–H groups in total. The fourth-order valence-corrected chi connectivity index (χ4v) is 5.85. The molecule has 1 unspecified atom stereocenters. The Balaban J connectivity index is 1.84. The molecule has 2 aromatic rings. The smallest absolute Gasteiger partial charge is 0.119 e. The molecule has 0 amide bonds. The largest absolute Gasteiger partial charge is 0.497 e. The van der Waals surface area contributed by atoms with Crippen molar-refractivity contribution in [1.82, 2.24) is 9.88 Å². The number of ether oxygens (including phenoxy) is 2. The summed E-state index contributed by atoms with van der Waals surface area (Å²) in [7, 11) is 1.73. The van der Waals surface area contributed by atoms with E-state index in [1.165, 1.54) is 37.9 Å². The molecule has 4 nitrogen and oxygen atoms in total.